The summed E-state index contributed by atoms with van der Waals surface area (Å²) in [4.78, 5) is 23.7. The van der Waals surface area contributed by atoms with E-state index in [4.69, 9.17) is 9.47 Å². The summed E-state index contributed by atoms with van der Waals surface area (Å²) in [6, 6.07) is 18.4. The highest BCUT2D eigenvalue weighted by Crippen LogP contribution is 2.07. The first-order chi connectivity index (χ1) is 11.2. The van der Waals surface area contributed by atoms with Crippen LogP contribution in [0.25, 0.3) is 0 Å². The molecule has 0 aliphatic rings. The van der Waals surface area contributed by atoms with Crippen LogP contribution in [0.3, 0.4) is 0 Å². The van der Waals surface area contributed by atoms with Gasteiger partial charge in [-0.3, -0.25) is 9.59 Å². The molecule has 0 spiro atoms. The Hall–Kier alpha value is -2.88. The average Bonchev–Trinajstić information content (AvgIpc) is 2.56. The third-order valence-corrected chi connectivity index (χ3v) is 3.07. The van der Waals surface area contributed by atoms with Gasteiger partial charge in [0.1, 0.15) is 0 Å². The first-order valence-corrected chi connectivity index (χ1v) is 7.27. The summed E-state index contributed by atoms with van der Waals surface area (Å²) >= 11 is 0. The standard InChI is InChI=1S/C19H18O4/c1-2-19(22-17(20)13-15-9-5-3-6-10-15)23-18(21)14-16-11-7-4-8-12-16/h2-12,19H,1,13-14H2. The monoisotopic (exact) mass is 310 g/mol. The number of benzene rings is 2. The van der Waals surface area contributed by atoms with Crippen molar-refractivity contribution in [1.82, 2.24) is 0 Å². The van der Waals surface area contributed by atoms with Crippen molar-refractivity contribution in [3.05, 3.63) is 84.4 Å². The summed E-state index contributed by atoms with van der Waals surface area (Å²) in [5, 5.41) is 0. The molecule has 0 saturated heterocycles. The number of carbonyl (C=O) groups excluding carboxylic acids is 2. The van der Waals surface area contributed by atoms with Crippen molar-refractivity contribution in [3.8, 4) is 0 Å². The van der Waals surface area contributed by atoms with Crippen molar-refractivity contribution in [2.75, 3.05) is 0 Å². The lowest BCUT2D eigenvalue weighted by atomic mass is 10.1. The van der Waals surface area contributed by atoms with Gasteiger partial charge in [-0.25, -0.2) is 0 Å². The lowest BCUT2D eigenvalue weighted by molar-refractivity contribution is -0.178. The predicted molar refractivity (Wildman–Crippen MR) is 86.5 cm³/mol. The van der Waals surface area contributed by atoms with E-state index in [1.807, 2.05) is 60.7 Å². The molecule has 0 aliphatic carbocycles. The summed E-state index contributed by atoms with van der Waals surface area (Å²) < 4.78 is 10.2. The van der Waals surface area contributed by atoms with Gasteiger partial charge in [0.2, 0.25) is 0 Å². The second kappa shape index (κ2) is 8.54. The highest BCUT2D eigenvalue weighted by atomic mass is 16.7. The van der Waals surface area contributed by atoms with Crippen LogP contribution < -0.4 is 0 Å². The molecule has 0 atom stereocenters. The summed E-state index contributed by atoms with van der Waals surface area (Å²) in [5.41, 5.74) is 1.66. The second-order valence-electron chi connectivity index (χ2n) is 4.91. The van der Waals surface area contributed by atoms with Gasteiger partial charge < -0.3 is 9.47 Å². The Bertz CT molecular complexity index is 594. The van der Waals surface area contributed by atoms with Crippen molar-refractivity contribution in [2.45, 2.75) is 19.1 Å². The fraction of sp³-hybridized carbons (Fsp3) is 0.158. The third kappa shape index (κ3) is 5.79. The first-order valence-electron chi connectivity index (χ1n) is 7.27. The molecule has 0 aromatic heterocycles. The molecule has 2 rings (SSSR count). The van der Waals surface area contributed by atoms with Crippen LogP contribution in [-0.4, -0.2) is 18.2 Å². The van der Waals surface area contributed by atoms with E-state index in [1.54, 1.807) is 0 Å². The molecule has 0 saturated carbocycles. The van der Waals surface area contributed by atoms with Crippen LogP contribution in [-0.2, 0) is 31.9 Å². The molecular formula is C19H18O4. The van der Waals surface area contributed by atoms with Gasteiger partial charge >= 0.3 is 11.9 Å². The molecule has 118 valence electrons. The highest BCUT2D eigenvalue weighted by Gasteiger charge is 2.16. The molecule has 4 heteroatoms. The topological polar surface area (TPSA) is 52.6 Å². The van der Waals surface area contributed by atoms with Gasteiger partial charge in [0.25, 0.3) is 6.29 Å². The molecule has 0 N–H and O–H groups in total. The highest BCUT2D eigenvalue weighted by molar-refractivity contribution is 5.74. The zero-order chi connectivity index (χ0) is 16.5. The maximum Gasteiger partial charge on any atom is 0.313 e. The number of esters is 2. The minimum absolute atomic E-state index is 0.113. The van der Waals surface area contributed by atoms with E-state index in [0.29, 0.717) is 0 Å². The van der Waals surface area contributed by atoms with Gasteiger partial charge in [-0.2, -0.15) is 0 Å². The molecule has 2 aromatic carbocycles. The number of ether oxygens (including phenoxy) is 2. The quantitative estimate of drug-likeness (QED) is 0.448. The van der Waals surface area contributed by atoms with E-state index in [9.17, 15) is 9.59 Å². The molecular weight excluding hydrogens is 292 g/mol. The molecule has 0 radical (unpaired) electrons. The average molecular weight is 310 g/mol. The summed E-state index contributed by atoms with van der Waals surface area (Å²) in [6.45, 7) is 3.53. The maximum absolute atomic E-state index is 11.9. The van der Waals surface area contributed by atoms with E-state index in [0.717, 1.165) is 11.1 Å². The Balaban J connectivity index is 1.83. The predicted octanol–water partition coefficient (Wildman–Crippen LogP) is 3.07. The van der Waals surface area contributed by atoms with Crippen LogP contribution in [0.1, 0.15) is 11.1 Å². The Kier molecular flexibility index (Phi) is 6.12. The van der Waals surface area contributed by atoms with Gasteiger partial charge in [0.15, 0.2) is 0 Å². The third-order valence-electron chi connectivity index (χ3n) is 3.07. The van der Waals surface area contributed by atoms with Crippen molar-refractivity contribution in [3.63, 3.8) is 0 Å². The minimum atomic E-state index is -1.08. The van der Waals surface area contributed by atoms with Crippen LogP contribution in [0.5, 0.6) is 0 Å². The lowest BCUT2D eigenvalue weighted by Crippen LogP contribution is -2.24. The van der Waals surface area contributed by atoms with Gasteiger partial charge in [0, 0.05) is 0 Å². The van der Waals surface area contributed by atoms with Crippen LogP contribution in [0, 0.1) is 0 Å². The molecule has 23 heavy (non-hydrogen) atoms. The molecule has 0 amide bonds. The summed E-state index contributed by atoms with van der Waals surface area (Å²) in [5.74, 6) is -0.956. The fourth-order valence-corrected chi connectivity index (χ4v) is 1.99. The van der Waals surface area contributed by atoms with Gasteiger partial charge in [-0.15, -0.1) is 0 Å². The number of rotatable bonds is 7. The fourth-order valence-electron chi connectivity index (χ4n) is 1.99. The van der Waals surface area contributed by atoms with E-state index < -0.39 is 18.2 Å². The summed E-state index contributed by atoms with van der Waals surface area (Å²) in [7, 11) is 0. The molecule has 0 fully saturated rings. The van der Waals surface area contributed by atoms with Gasteiger partial charge in [-0.05, 0) is 17.2 Å². The smallest absolute Gasteiger partial charge is 0.313 e. The van der Waals surface area contributed by atoms with Crippen LogP contribution >= 0.6 is 0 Å². The van der Waals surface area contributed by atoms with Crippen LogP contribution in [0.4, 0.5) is 0 Å². The second-order valence-corrected chi connectivity index (χ2v) is 4.91. The van der Waals surface area contributed by atoms with Crippen LogP contribution in [0.15, 0.2) is 73.3 Å². The van der Waals surface area contributed by atoms with E-state index in [1.165, 1.54) is 6.08 Å². The Morgan fingerprint density at radius 2 is 1.22 bits per heavy atom. The Morgan fingerprint density at radius 1 is 0.826 bits per heavy atom. The van der Waals surface area contributed by atoms with E-state index in [-0.39, 0.29) is 12.8 Å². The molecule has 0 aliphatic heterocycles. The van der Waals surface area contributed by atoms with Crippen molar-refractivity contribution in [1.29, 1.82) is 0 Å². The van der Waals surface area contributed by atoms with Gasteiger partial charge in [-0.1, -0.05) is 67.2 Å². The number of carbonyl (C=O) groups is 2. The molecule has 0 unspecified atom stereocenters. The van der Waals surface area contributed by atoms with Crippen molar-refractivity contribution >= 4 is 11.9 Å². The SMILES string of the molecule is C=CC(OC(=O)Cc1ccccc1)OC(=O)Cc1ccccc1. The normalized spacial score (nSPS) is 10.1. The number of hydrogen-bond acceptors (Lipinski definition) is 4. The molecule has 0 bridgehead atoms. The van der Waals surface area contributed by atoms with Gasteiger partial charge in [0.05, 0.1) is 12.8 Å². The van der Waals surface area contributed by atoms with Crippen molar-refractivity contribution < 1.29 is 19.1 Å². The van der Waals surface area contributed by atoms with E-state index in [2.05, 4.69) is 6.58 Å². The van der Waals surface area contributed by atoms with Crippen LogP contribution in [0.2, 0.25) is 0 Å². The van der Waals surface area contributed by atoms with E-state index >= 15 is 0 Å². The zero-order valence-electron chi connectivity index (χ0n) is 12.7. The Morgan fingerprint density at radius 3 is 1.57 bits per heavy atom. The zero-order valence-corrected chi connectivity index (χ0v) is 12.7. The molecule has 0 heterocycles. The first kappa shape index (κ1) is 16.5. The largest absolute Gasteiger partial charge is 0.421 e. The molecule has 2 aromatic rings. The Labute approximate surface area is 135 Å². The lowest BCUT2D eigenvalue weighted by Gasteiger charge is -2.15. The molecule has 4 nitrogen and oxygen atoms in total. The minimum Gasteiger partial charge on any atom is -0.421 e. The summed E-state index contributed by atoms with van der Waals surface area (Å²) in [6.07, 6.45) is 0.427. The van der Waals surface area contributed by atoms with Crippen molar-refractivity contribution in [2.24, 2.45) is 0 Å². The number of hydrogen-bond donors (Lipinski definition) is 0. The maximum atomic E-state index is 11.9.